The van der Waals surface area contributed by atoms with E-state index in [9.17, 15) is 29.4 Å². The second-order valence-electron chi connectivity index (χ2n) is 11.7. The minimum atomic E-state index is -0.949. The normalized spacial score (nSPS) is 33.4. The number of benzene rings is 2. The summed E-state index contributed by atoms with van der Waals surface area (Å²) in [6.45, 7) is 0.756. The summed E-state index contributed by atoms with van der Waals surface area (Å²) in [5.41, 5.74) is 0.321. The van der Waals surface area contributed by atoms with E-state index >= 15 is 0 Å². The van der Waals surface area contributed by atoms with E-state index in [-0.39, 0.29) is 23.7 Å². The molecule has 2 aromatic carbocycles. The second kappa shape index (κ2) is 9.50. The summed E-state index contributed by atoms with van der Waals surface area (Å²) in [5, 5.41) is 20.1. The first kappa shape index (κ1) is 25.6. The fourth-order valence-corrected chi connectivity index (χ4v) is 7.79. The maximum absolute atomic E-state index is 13.0. The number of carboxylic acid groups (broad SMARTS) is 2. The molecule has 2 saturated heterocycles. The van der Waals surface area contributed by atoms with Crippen LogP contribution in [-0.4, -0.2) is 67.9 Å². The van der Waals surface area contributed by atoms with Crippen molar-refractivity contribution in [3.05, 3.63) is 71.8 Å². The molecule has 0 radical (unpaired) electrons. The Morgan fingerprint density at radius 2 is 1.08 bits per heavy atom. The van der Waals surface area contributed by atoms with E-state index in [1.165, 1.54) is 0 Å². The molecule has 4 aliphatic rings. The van der Waals surface area contributed by atoms with Gasteiger partial charge in [-0.05, 0) is 67.9 Å². The zero-order valence-corrected chi connectivity index (χ0v) is 21.9. The molecule has 2 aromatic rings. The van der Waals surface area contributed by atoms with Crippen LogP contribution in [0.5, 0.6) is 0 Å². The summed E-state index contributed by atoms with van der Waals surface area (Å²) >= 11 is 0. The SMILES string of the molecule is O=C(O)C1CC(c2ccccc2)CCC12C(=O)N2CCCN1C(=O)C12CCC(c1ccccc1)CC2C(=O)O. The van der Waals surface area contributed by atoms with E-state index in [2.05, 4.69) is 0 Å². The molecule has 0 bridgehead atoms. The molecule has 39 heavy (non-hydrogen) atoms. The van der Waals surface area contributed by atoms with Crippen LogP contribution in [0.25, 0.3) is 0 Å². The molecule has 6 unspecified atom stereocenters. The number of hydrogen-bond donors (Lipinski definition) is 2. The Kier molecular flexibility index (Phi) is 6.24. The summed E-state index contributed by atoms with van der Waals surface area (Å²) in [6.07, 6.45) is 3.90. The van der Waals surface area contributed by atoms with Crippen molar-refractivity contribution in [2.75, 3.05) is 13.1 Å². The topological polar surface area (TPSA) is 115 Å². The van der Waals surface area contributed by atoms with Crippen LogP contribution >= 0.6 is 0 Å². The molecule has 4 fully saturated rings. The van der Waals surface area contributed by atoms with Crippen molar-refractivity contribution in [1.82, 2.24) is 9.80 Å². The van der Waals surface area contributed by atoms with Gasteiger partial charge in [-0.2, -0.15) is 0 Å². The third-order valence-corrected chi connectivity index (χ3v) is 9.94. The van der Waals surface area contributed by atoms with Crippen molar-refractivity contribution in [3.63, 3.8) is 0 Å². The number of carbonyl (C=O) groups excluding carboxylic acids is 2. The smallest absolute Gasteiger partial charge is 0.309 e. The van der Waals surface area contributed by atoms with Gasteiger partial charge in [0, 0.05) is 13.1 Å². The maximum Gasteiger partial charge on any atom is 0.309 e. The van der Waals surface area contributed by atoms with Crippen molar-refractivity contribution in [2.24, 2.45) is 11.8 Å². The average molecular weight is 531 g/mol. The Balaban J connectivity index is 1.08. The first-order chi connectivity index (χ1) is 18.8. The van der Waals surface area contributed by atoms with Crippen LogP contribution < -0.4 is 0 Å². The molecule has 2 aliphatic carbocycles. The Morgan fingerprint density at radius 3 is 1.44 bits per heavy atom. The number of rotatable bonds is 8. The highest BCUT2D eigenvalue weighted by Gasteiger charge is 2.71. The van der Waals surface area contributed by atoms with Gasteiger partial charge in [-0.25, -0.2) is 0 Å². The predicted molar refractivity (Wildman–Crippen MR) is 142 cm³/mol. The Hall–Kier alpha value is -3.68. The van der Waals surface area contributed by atoms with Crippen molar-refractivity contribution in [1.29, 1.82) is 0 Å². The van der Waals surface area contributed by atoms with Crippen LogP contribution in [-0.2, 0) is 19.2 Å². The molecular weight excluding hydrogens is 496 g/mol. The number of nitrogens with zero attached hydrogens (tertiary/aromatic N) is 2. The third-order valence-electron chi connectivity index (χ3n) is 9.94. The summed E-state index contributed by atoms with van der Waals surface area (Å²) in [5.74, 6) is -3.40. The molecule has 2 N–H and O–H groups in total. The van der Waals surface area contributed by atoms with Gasteiger partial charge in [-0.3, -0.25) is 19.2 Å². The quantitative estimate of drug-likeness (QED) is 0.501. The highest BCUT2D eigenvalue weighted by Crippen LogP contribution is 2.55. The molecule has 8 heteroatoms. The van der Waals surface area contributed by atoms with Crippen LogP contribution in [0, 0.1) is 11.8 Å². The van der Waals surface area contributed by atoms with Gasteiger partial charge >= 0.3 is 11.9 Å². The maximum atomic E-state index is 13.0. The molecule has 2 aliphatic heterocycles. The lowest BCUT2D eigenvalue weighted by Crippen LogP contribution is -2.41. The predicted octanol–water partition coefficient (Wildman–Crippen LogP) is 3.88. The largest absolute Gasteiger partial charge is 0.481 e. The fourth-order valence-electron chi connectivity index (χ4n) is 7.79. The summed E-state index contributed by atoms with van der Waals surface area (Å²) in [4.78, 5) is 53.9. The number of amides is 2. The lowest BCUT2D eigenvalue weighted by atomic mass is 9.71. The molecular formula is C31H34N2O6. The van der Waals surface area contributed by atoms with Gasteiger partial charge in [0.1, 0.15) is 11.1 Å². The highest BCUT2D eigenvalue weighted by atomic mass is 16.4. The minimum Gasteiger partial charge on any atom is -0.481 e. The molecule has 6 rings (SSSR count). The molecule has 204 valence electrons. The summed E-state index contributed by atoms with van der Waals surface area (Å²) in [6, 6.07) is 19.8. The Labute approximate surface area is 227 Å². The van der Waals surface area contributed by atoms with E-state index in [4.69, 9.17) is 0 Å². The number of carbonyl (C=O) groups is 4. The first-order valence-corrected chi connectivity index (χ1v) is 14.0. The van der Waals surface area contributed by atoms with Gasteiger partial charge in [0.05, 0.1) is 11.8 Å². The Bertz CT molecular complexity index is 1200. The van der Waals surface area contributed by atoms with E-state index < -0.39 is 34.9 Å². The van der Waals surface area contributed by atoms with Gasteiger partial charge in [0.25, 0.3) is 0 Å². The molecule has 2 spiro atoms. The first-order valence-electron chi connectivity index (χ1n) is 14.0. The zero-order valence-electron chi connectivity index (χ0n) is 21.9. The fraction of sp³-hybridized carbons (Fsp3) is 0.484. The van der Waals surface area contributed by atoms with Gasteiger partial charge in [-0.15, -0.1) is 0 Å². The molecule has 2 heterocycles. The van der Waals surface area contributed by atoms with Crippen LogP contribution in [0.4, 0.5) is 0 Å². The lowest BCUT2D eigenvalue weighted by molar-refractivity contribution is -0.146. The van der Waals surface area contributed by atoms with Crippen LogP contribution in [0.3, 0.4) is 0 Å². The highest BCUT2D eigenvalue weighted by molar-refractivity contribution is 6.07. The van der Waals surface area contributed by atoms with E-state index in [1.807, 2.05) is 60.7 Å². The average Bonchev–Trinajstić information content (AvgIpc) is 3.73. The van der Waals surface area contributed by atoms with Gasteiger partial charge in [-0.1, -0.05) is 60.7 Å². The van der Waals surface area contributed by atoms with Crippen molar-refractivity contribution < 1.29 is 29.4 Å². The monoisotopic (exact) mass is 530 g/mol. The number of aliphatic carboxylic acids is 2. The van der Waals surface area contributed by atoms with Gasteiger partial charge in [0.15, 0.2) is 0 Å². The van der Waals surface area contributed by atoms with Crippen molar-refractivity contribution >= 4 is 23.8 Å². The van der Waals surface area contributed by atoms with Gasteiger partial charge < -0.3 is 20.0 Å². The minimum absolute atomic E-state index is 0.111. The van der Waals surface area contributed by atoms with Gasteiger partial charge in [0.2, 0.25) is 11.8 Å². The molecule has 2 saturated carbocycles. The zero-order chi connectivity index (χ0) is 27.4. The van der Waals surface area contributed by atoms with Crippen molar-refractivity contribution in [2.45, 2.75) is 67.9 Å². The third kappa shape index (κ3) is 4.03. The van der Waals surface area contributed by atoms with Crippen LogP contribution in [0.1, 0.15) is 67.9 Å². The summed E-state index contributed by atoms with van der Waals surface area (Å²) in [7, 11) is 0. The number of hydrogen-bond acceptors (Lipinski definition) is 4. The molecule has 0 aromatic heterocycles. The van der Waals surface area contributed by atoms with E-state index in [0.29, 0.717) is 45.2 Å². The lowest BCUT2D eigenvalue weighted by Gasteiger charge is -2.34. The molecule has 2 amide bonds. The van der Waals surface area contributed by atoms with E-state index in [1.54, 1.807) is 9.80 Å². The number of carboxylic acids is 2. The molecule has 8 nitrogen and oxygen atoms in total. The van der Waals surface area contributed by atoms with Crippen LogP contribution in [0.15, 0.2) is 60.7 Å². The Morgan fingerprint density at radius 1 is 0.692 bits per heavy atom. The second-order valence-corrected chi connectivity index (χ2v) is 11.7. The summed E-state index contributed by atoms with van der Waals surface area (Å²) < 4.78 is 0. The molecule has 6 atom stereocenters. The van der Waals surface area contributed by atoms with Crippen LogP contribution in [0.2, 0.25) is 0 Å². The van der Waals surface area contributed by atoms with E-state index in [0.717, 1.165) is 24.0 Å². The van der Waals surface area contributed by atoms with Crippen molar-refractivity contribution in [3.8, 4) is 0 Å². The standard InChI is InChI=1S/C31H34N2O6/c34-26(35)24-18-22(20-8-3-1-4-9-20)12-14-30(24)28(38)32(30)16-7-17-33-29(39)31(33)15-13-23(19-25(31)27(36)37)21-10-5-2-6-11-21/h1-6,8-11,22-25H,7,12-19H2,(H,34,35)(H,36,37).